The van der Waals surface area contributed by atoms with Crippen LogP contribution in [0.25, 0.3) is 0 Å². The first-order valence-electron chi connectivity index (χ1n) is 6.89. The molecule has 0 saturated heterocycles. The molecular formula is C13H25N3O3. The number of nitrogens with one attached hydrogen (secondary N) is 3. The quantitative estimate of drug-likeness (QED) is 0.374. The Hall–Kier alpha value is -1.59. The van der Waals surface area contributed by atoms with Gasteiger partial charge in [0.25, 0.3) is 0 Å². The van der Waals surface area contributed by atoms with Crippen molar-refractivity contribution in [1.29, 1.82) is 0 Å². The van der Waals surface area contributed by atoms with Crippen molar-refractivity contribution in [3.63, 3.8) is 0 Å². The molecule has 6 heteroatoms. The van der Waals surface area contributed by atoms with Crippen LogP contribution in [0.1, 0.15) is 46.0 Å². The van der Waals surface area contributed by atoms with E-state index < -0.39 is 6.04 Å². The molecule has 1 atom stereocenters. The van der Waals surface area contributed by atoms with Gasteiger partial charge in [0.2, 0.25) is 18.2 Å². The van der Waals surface area contributed by atoms with Crippen LogP contribution in [0.15, 0.2) is 0 Å². The summed E-state index contributed by atoms with van der Waals surface area (Å²) in [7, 11) is 0. The Morgan fingerprint density at radius 2 is 1.84 bits per heavy atom. The lowest BCUT2D eigenvalue weighted by molar-refractivity contribution is -0.128. The fraction of sp³-hybridized carbons (Fsp3) is 0.769. The van der Waals surface area contributed by atoms with Crippen LogP contribution in [-0.2, 0) is 14.4 Å². The SMILES string of the molecule is CCCCC[C@H](NC=O)C(=O)NCC(=O)NCCC. The zero-order valence-electron chi connectivity index (χ0n) is 11.8. The van der Waals surface area contributed by atoms with Crippen molar-refractivity contribution in [2.45, 2.75) is 52.0 Å². The summed E-state index contributed by atoms with van der Waals surface area (Å²) >= 11 is 0. The molecule has 110 valence electrons. The van der Waals surface area contributed by atoms with Crippen LogP contribution in [0.2, 0.25) is 0 Å². The van der Waals surface area contributed by atoms with E-state index >= 15 is 0 Å². The third-order valence-corrected chi connectivity index (χ3v) is 2.68. The molecule has 0 aliphatic heterocycles. The van der Waals surface area contributed by atoms with Crippen LogP contribution in [0, 0.1) is 0 Å². The van der Waals surface area contributed by atoms with E-state index in [0.29, 0.717) is 19.4 Å². The first-order valence-corrected chi connectivity index (χ1v) is 6.89. The van der Waals surface area contributed by atoms with Gasteiger partial charge in [-0.15, -0.1) is 0 Å². The number of carbonyl (C=O) groups excluding carboxylic acids is 3. The molecule has 0 bridgehead atoms. The zero-order chi connectivity index (χ0) is 14.5. The highest BCUT2D eigenvalue weighted by atomic mass is 16.2. The summed E-state index contributed by atoms with van der Waals surface area (Å²) in [6.07, 6.45) is 4.90. The van der Waals surface area contributed by atoms with Crippen LogP contribution < -0.4 is 16.0 Å². The van der Waals surface area contributed by atoms with Gasteiger partial charge in [0.1, 0.15) is 6.04 Å². The van der Waals surface area contributed by atoms with Crippen molar-refractivity contribution >= 4 is 18.2 Å². The van der Waals surface area contributed by atoms with Gasteiger partial charge in [-0.05, 0) is 12.8 Å². The lowest BCUT2D eigenvalue weighted by atomic mass is 10.1. The fourth-order valence-corrected chi connectivity index (χ4v) is 1.59. The van der Waals surface area contributed by atoms with Crippen molar-refractivity contribution in [3.8, 4) is 0 Å². The fourth-order valence-electron chi connectivity index (χ4n) is 1.59. The summed E-state index contributed by atoms with van der Waals surface area (Å²) in [6.45, 7) is 4.57. The Bertz CT molecular complexity index is 282. The van der Waals surface area contributed by atoms with Crippen molar-refractivity contribution < 1.29 is 14.4 Å². The molecule has 0 spiro atoms. The smallest absolute Gasteiger partial charge is 0.243 e. The molecule has 0 fully saturated rings. The minimum absolute atomic E-state index is 0.0519. The lowest BCUT2D eigenvalue weighted by Crippen LogP contribution is -2.46. The van der Waals surface area contributed by atoms with Crippen molar-refractivity contribution in [3.05, 3.63) is 0 Å². The number of unbranched alkanes of at least 4 members (excludes halogenated alkanes) is 2. The summed E-state index contributed by atoms with van der Waals surface area (Å²) in [5.41, 5.74) is 0. The maximum Gasteiger partial charge on any atom is 0.243 e. The second-order valence-corrected chi connectivity index (χ2v) is 4.40. The summed E-state index contributed by atoms with van der Waals surface area (Å²) in [5, 5.41) is 7.68. The lowest BCUT2D eigenvalue weighted by Gasteiger charge is -2.15. The van der Waals surface area contributed by atoms with E-state index in [2.05, 4.69) is 22.9 Å². The van der Waals surface area contributed by atoms with Gasteiger partial charge in [-0.1, -0.05) is 33.1 Å². The summed E-state index contributed by atoms with van der Waals surface area (Å²) in [6, 6.07) is -0.553. The van der Waals surface area contributed by atoms with Gasteiger partial charge in [0, 0.05) is 6.54 Å². The summed E-state index contributed by atoms with van der Waals surface area (Å²) < 4.78 is 0. The van der Waals surface area contributed by atoms with Crippen LogP contribution in [0.3, 0.4) is 0 Å². The van der Waals surface area contributed by atoms with Crippen molar-refractivity contribution in [2.75, 3.05) is 13.1 Å². The van der Waals surface area contributed by atoms with Crippen LogP contribution in [-0.4, -0.2) is 37.4 Å². The van der Waals surface area contributed by atoms with Gasteiger partial charge < -0.3 is 16.0 Å². The average Bonchev–Trinajstić information content (AvgIpc) is 2.41. The van der Waals surface area contributed by atoms with Crippen molar-refractivity contribution in [1.82, 2.24) is 16.0 Å². The maximum absolute atomic E-state index is 11.8. The molecule has 0 aromatic heterocycles. The van der Waals surface area contributed by atoms with E-state index in [4.69, 9.17) is 0 Å². The number of carbonyl (C=O) groups is 3. The van der Waals surface area contributed by atoms with Gasteiger partial charge in [-0.2, -0.15) is 0 Å². The molecule has 0 aromatic rings. The largest absolute Gasteiger partial charge is 0.355 e. The molecule has 19 heavy (non-hydrogen) atoms. The Labute approximate surface area is 114 Å². The Morgan fingerprint density at radius 1 is 1.11 bits per heavy atom. The van der Waals surface area contributed by atoms with E-state index in [1.165, 1.54) is 0 Å². The minimum atomic E-state index is -0.553. The number of rotatable bonds is 11. The highest BCUT2D eigenvalue weighted by Crippen LogP contribution is 2.03. The second-order valence-electron chi connectivity index (χ2n) is 4.40. The standard InChI is InChI=1S/C13H25N3O3/c1-3-5-6-7-11(16-10-17)13(19)15-9-12(18)14-8-4-2/h10-11H,3-9H2,1-2H3,(H,14,18)(H,15,19)(H,16,17)/t11-/m0/s1. The van der Waals surface area contributed by atoms with Gasteiger partial charge in [0.05, 0.1) is 6.54 Å². The molecule has 0 unspecified atom stereocenters. The van der Waals surface area contributed by atoms with Crippen LogP contribution in [0.5, 0.6) is 0 Å². The number of hydrogen-bond donors (Lipinski definition) is 3. The number of hydrogen-bond acceptors (Lipinski definition) is 3. The van der Waals surface area contributed by atoms with E-state index in [9.17, 15) is 14.4 Å². The average molecular weight is 271 g/mol. The Kier molecular flexibility index (Phi) is 10.5. The molecule has 0 aromatic carbocycles. The predicted octanol–water partition coefficient (Wildman–Crippen LogP) is 0.324. The van der Waals surface area contributed by atoms with Crippen molar-refractivity contribution in [2.24, 2.45) is 0 Å². The van der Waals surface area contributed by atoms with Crippen LogP contribution >= 0.6 is 0 Å². The maximum atomic E-state index is 11.8. The molecule has 0 aliphatic carbocycles. The molecule has 0 radical (unpaired) electrons. The number of amides is 3. The molecule has 0 heterocycles. The Balaban J connectivity index is 4.02. The van der Waals surface area contributed by atoms with E-state index in [-0.39, 0.29) is 18.4 Å². The molecular weight excluding hydrogens is 246 g/mol. The highest BCUT2D eigenvalue weighted by Gasteiger charge is 2.17. The van der Waals surface area contributed by atoms with E-state index in [1.807, 2.05) is 6.92 Å². The van der Waals surface area contributed by atoms with Gasteiger partial charge in [0.15, 0.2) is 0 Å². The summed E-state index contributed by atoms with van der Waals surface area (Å²) in [5.74, 6) is -0.525. The monoisotopic (exact) mass is 271 g/mol. The minimum Gasteiger partial charge on any atom is -0.355 e. The molecule has 6 nitrogen and oxygen atoms in total. The normalized spacial score (nSPS) is 11.5. The molecule has 3 amide bonds. The first-order chi connectivity index (χ1) is 9.15. The molecule has 0 rings (SSSR count). The molecule has 0 saturated carbocycles. The van der Waals surface area contributed by atoms with Gasteiger partial charge in [-0.3, -0.25) is 14.4 Å². The van der Waals surface area contributed by atoms with E-state index in [0.717, 1.165) is 25.7 Å². The second kappa shape index (κ2) is 11.5. The van der Waals surface area contributed by atoms with E-state index in [1.54, 1.807) is 0 Å². The zero-order valence-corrected chi connectivity index (χ0v) is 11.8. The topological polar surface area (TPSA) is 87.3 Å². The summed E-state index contributed by atoms with van der Waals surface area (Å²) in [4.78, 5) is 33.6. The highest BCUT2D eigenvalue weighted by molar-refractivity contribution is 5.88. The van der Waals surface area contributed by atoms with Gasteiger partial charge in [-0.25, -0.2) is 0 Å². The third kappa shape index (κ3) is 9.04. The predicted molar refractivity (Wildman–Crippen MR) is 73.4 cm³/mol. The third-order valence-electron chi connectivity index (χ3n) is 2.68. The molecule has 0 aliphatic rings. The van der Waals surface area contributed by atoms with Crippen LogP contribution in [0.4, 0.5) is 0 Å². The van der Waals surface area contributed by atoms with Gasteiger partial charge >= 0.3 is 0 Å². The molecule has 3 N–H and O–H groups in total. The first kappa shape index (κ1) is 17.4. The Morgan fingerprint density at radius 3 is 2.42 bits per heavy atom.